The van der Waals surface area contributed by atoms with E-state index in [1.807, 2.05) is 48.9 Å². The Morgan fingerprint density at radius 3 is 2.31 bits per heavy atom. The molecule has 0 fully saturated rings. The predicted octanol–water partition coefficient (Wildman–Crippen LogP) is 2.98. The normalized spacial score (nSPS) is 11.5. The quantitative estimate of drug-likeness (QED) is 0.723. The number of methoxy groups -OCH3 is 1. The number of sulfonamides is 1. The van der Waals surface area contributed by atoms with E-state index in [0.717, 1.165) is 22.6 Å². The van der Waals surface area contributed by atoms with Crippen LogP contribution in [0.1, 0.15) is 17.0 Å². The van der Waals surface area contributed by atoms with Gasteiger partial charge < -0.3 is 4.74 Å². The molecule has 0 aliphatic heterocycles. The lowest BCUT2D eigenvalue weighted by molar-refractivity contribution is 0.414. The van der Waals surface area contributed by atoms with Crippen molar-refractivity contribution in [2.45, 2.75) is 25.3 Å². The fourth-order valence-electron chi connectivity index (χ4n) is 2.76. The van der Waals surface area contributed by atoms with Crippen molar-refractivity contribution in [3.05, 3.63) is 71.5 Å². The van der Waals surface area contributed by atoms with Crippen molar-refractivity contribution in [3.63, 3.8) is 0 Å². The van der Waals surface area contributed by atoms with Gasteiger partial charge in [0.15, 0.2) is 0 Å². The largest absolute Gasteiger partial charge is 0.497 e. The van der Waals surface area contributed by atoms with Gasteiger partial charge in [0, 0.05) is 17.8 Å². The number of para-hydroxylation sites is 1. The lowest BCUT2D eigenvalue weighted by Crippen LogP contribution is -2.23. The second-order valence-corrected chi connectivity index (χ2v) is 7.66. The number of aromatic nitrogens is 2. The molecule has 0 aliphatic carbocycles. The van der Waals surface area contributed by atoms with E-state index in [-0.39, 0.29) is 11.4 Å². The molecule has 26 heavy (non-hydrogen) atoms. The van der Waals surface area contributed by atoms with Crippen molar-refractivity contribution < 1.29 is 13.2 Å². The summed E-state index contributed by atoms with van der Waals surface area (Å²) in [5.74, 6) is 0.611. The van der Waals surface area contributed by atoms with Gasteiger partial charge in [-0.1, -0.05) is 18.2 Å². The van der Waals surface area contributed by atoms with Crippen LogP contribution in [0.4, 0.5) is 0 Å². The Morgan fingerprint density at radius 1 is 1.04 bits per heavy atom. The van der Waals surface area contributed by atoms with Gasteiger partial charge in [-0.15, -0.1) is 0 Å². The number of hydrogen-bond donors (Lipinski definition) is 1. The van der Waals surface area contributed by atoms with Crippen molar-refractivity contribution in [1.29, 1.82) is 0 Å². The molecule has 3 aromatic rings. The lowest BCUT2D eigenvalue weighted by Gasteiger charge is -2.09. The molecule has 0 atom stereocenters. The molecule has 0 unspecified atom stereocenters. The fourth-order valence-corrected chi connectivity index (χ4v) is 3.75. The second kappa shape index (κ2) is 7.31. The van der Waals surface area contributed by atoms with Gasteiger partial charge in [0.05, 0.1) is 23.4 Å². The Kier molecular flexibility index (Phi) is 5.11. The van der Waals surface area contributed by atoms with E-state index in [2.05, 4.69) is 9.82 Å². The van der Waals surface area contributed by atoms with Crippen molar-refractivity contribution in [2.75, 3.05) is 7.11 Å². The zero-order chi connectivity index (χ0) is 18.7. The summed E-state index contributed by atoms with van der Waals surface area (Å²) in [6.45, 7) is 3.99. The SMILES string of the molecule is COc1ccc(S(=O)(=O)NCc2c(C)nn(-c3ccccc3)c2C)cc1. The molecule has 3 rings (SSSR count). The summed E-state index contributed by atoms with van der Waals surface area (Å²) in [6.07, 6.45) is 0. The third-order valence-electron chi connectivity index (χ3n) is 4.25. The molecule has 136 valence electrons. The number of nitrogens with zero attached hydrogens (tertiary/aromatic N) is 2. The molecule has 0 bridgehead atoms. The average Bonchev–Trinajstić information content (AvgIpc) is 2.95. The van der Waals surface area contributed by atoms with Gasteiger partial charge in [-0.05, 0) is 50.2 Å². The van der Waals surface area contributed by atoms with Crippen LogP contribution >= 0.6 is 0 Å². The van der Waals surface area contributed by atoms with Crippen LogP contribution < -0.4 is 9.46 Å². The summed E-state index contributed by atoms with van der Waals surface area (Å²) in [5, 5.41) is 4.54. The number of aryl methyl sites for hydroxylation is 1. The first-order valence-corrected chi connectivity index (χ1v) is 9.65. The van der Waals surface area contributed by atoms with Gasteiger partial charge >= 0.3 is 0 Å². The van der Waals surface area contributed by atoms with Gasteiger partial charge in [-0.2, -0.15) is 5.10 Å². The van der Waals surface area contributed by atoms with E-state index in [1.54, 1.807) is 12.1 Å². The molecule has 0 spiro atoms. The van der Waals surface area contributed by atoms with Crippen LogP contribution in [0.15, 0.2) is 59.5 Å². The Bertz CT molecular complexity index is 995. The molecule has 1 aromatic heterocycles. The van der Waals surface area contributed by atoms with Crippen molar-refractivity contribution in [1.82, 2.24) is 14.5 Å². The van der Waals surface area contributed by atoms with E-state index < -0.39 is 10.0 Å². The van der Waals surface area contributed by atoms with E-state index in [0.29, 0.717) is 5.75 Å². The first-order chi connectivity index (χ1) is 12.4. The van der Waals surface area contributed by atoms with E-state index >= 15 is 0 Å². The highest BCUT2D eigenvalue weighted by Gasteiger charge is 2.18. The van der Waals surface area contributed by atoms with Gasteiger partial charge in [0.2, 0.25) is 10.0 Å². The van der Waals surface area contributed by atoms with Gasteiger partial charge in [0.25, 0.3) is 0 Å². The number of rotatable bonds is 6. The van der Waals surface area contributed by atoms with Crippen molar-refractivity contribution in [3.8, 4) is 11.4 Å². The lowest BCUT2D eigenvalue weighted by atomic mass is 10.2. The predicted molar refractivity (Wildman–Crippen MR) is 100 cm³/mol. The Labute approximate surface area is 153 Å². The zero-order valence-electron chi connectivity index (χ0n) is 14.9. The van der Waals surface area contributed by atoms with Crippen LogP contribution in [0.2, 0.25) is 0 Å². The minimum Gasteiger partial charge on any atom is -0.497 e. The first-order valence-electron chi connectivity index (χ1n) is 8.16. The monoisotopic (exact) mass is 371 g/mol. The molecule has 7 heteroatoms. The van der Waals surface area contributed by atoms with Crippen molar-refractivity contribution in [2.24, 2.45) is 0 Å². The van der Waals surface area contributed by atoms with Crippen LogP contribution in [-0.2, 0) is 16.6 Å². The van der Waals surface area contributed by atoms with Gasteiger partial charge in [-0.3, -0.25) is 0 Å². The zero-order valence-corrected chi connectivity index (χ0v) is 15.7. The molecule has 1 heterocycles. The third kappa shape index (κ3) is 3.63. The maximum absolute atomic E-state index is 12.5. The minimum atomic E-state index is -3.61. The Hall–Kier alpha value is -2.64. The van der Waals surface area contributed by atoms with E-state index in [4.69, 9.17) is 4.74 Å². The standard InChI is InChI=1S/C19H21N3O3S/c1-14-19(15(2)22(21-14)16-7-5-4-6-8-16)13-20-26(23,24)18-11-9-17(25-3)10-12-18/h4-12,20H,13H2,1-3H3. The van der Waals surface area contributed by atoms with Gasteiger partial charge in [0.1, 0.15) is 5.75 Å². The average molecular weight is 371 g/mol. The van der Waals surface area contributed by atoms with Crippen LogP contribution in [-0.4, -0.2) is 25.3 Å². The summed E-state index contributed by atoms with van der Waals surface area (Å²) in [5.41, 5.74) is 3.51. The summed E-state index contributed by atoms with van der Waals surface area (Å²) in [7, 11) is -2.08. The molecule has 0 amide bonds. The summed E-state index contributed by atoms with van der Waals surface area (Å²) >= 11 is 0. The molecule has 6 nitrogen and oxygen atoms in total. The summed E-state index contributed by atoms with van der Waals surface area (Å²) < 4.78 is 34.6. The highest BCUT2D eigenvalue weighted by Crippen LogP contribution is 2.19. The topological polar surface area (TPSA) is 73.2 Å². The van der Waals surface area contributed by atoms with E-state index in [1.165, 1.54) is 19.2 Å². The first kappa shape index (κ1) is 18.2. The highest BCUT2D eigenvalue weighted by molar-refractivity contribution is 7.89. The number of ether oxygens (including phenoxy) is 1. The molecule has 0 saturated heterocycles. The molecule has 0 saturated carbocycles. The van der Waals surface area contributed by atoms with Crippen molar-refractivity contribution >= 4 is 10.0 Å². The van der Waals surface area contributed by atoms with Crippen LogP contribution in [0, 0.1) is 13.8 Å². The minimum absolute atomic E-state index is 0.179. The summed E-state index contributed by atoms with van der Waals surface area (Å²) in [4.78, 5) is 0.198. The maximum atomic E-state index is 12.5. The molecule has 2 aromatic carbocycles. The fraction of sp³-hybridized carbons (Fsp3) is 0.211. The van der Waals surface area contributed by atoms with Crippen LogP contribution in [0.25, 0.3) is 5.69 Å². The van der Waals surface area contributed by atoms with Gasteiger partial charge in [-0.25, -0.2) is 17.8 Å². The van der Waals surface area contributed by atoms with Crippen LogP contribution in [0.3, 0.4) is 0 Å². The van der Waals surface area contributed by atoms with E-state index in [9.17, 15) is 8.42 Å². The number of hydrogen-bond acceptors (Lipinski definition) is 4. The molecule has 0 radical (unpaired) electrons. The molecular formula is C19H21N3O3S. The number of nitrogens with one attached hydrogen (secondary N) is 1. The maximum Gasteiger partial charge on any atom is 0.240 e. The molecule has 0 aliphatic rings. The molecule has 1 N–H and O–H groups in total. The Morgan fingerprint density at radius 2 is 1.69 bits per heavy atom. The second-order valence-electron chi connectivity index (χ2n) is 5.90. The Balaban J connectivity index is 1.82. The smallest absolute Gasteiger partial charge is 0.240 e. The van der Waals surface area contributed by atoms with Crippen LogP contribution in [0.5, 0.6) is 5.75 Å². The number of benzene rings is 2. The highest BCUT2D eigenvalue weighted by atomic mass is 32.2. The third-order valence-corrected chi connectivity index (χ3v) is 5.67. The molecular weight excluding hydrogens is 350 g/mol. The summed E-state index contributed by atoms with van der Waals surface area (Å²) in [6, 6.07) is 16.0.